The van der Waals surface area contributed by atoms with Gasteiger partial charge in [-0.2, -0.15) is 0 Å². The fraction of sp³-hybridized carbons (Fsp3) is 0.500. The molecule has 0 radical (unpaired) electrons. The summed E-state index contributed by atoms with van der Waals surface area (Å²) in [7, 11) is 0. The Hall–Kier alpha value is -1.03. The van der Waals surface area contributed by atoms with Crippen molar-refractivity contribution in [1.82, 2.24) is 5.32 Å². The van der Waals surface area contributed by atoms with Crippen LogP contribution < -0.4 is 5.32 Å². The number of fused-ring (bicyclic) bond motifs is 1. The second kappa shape index (κ2) is 4.87. The molecule has 1 nitrogen and oxygen atoms in total. The molecule has 0 saturated carbocycles. The molecule has 2 rings (SSSR count). The monoisotopic (exact) mass is 229 g/mol. The molecule has 16 heavy (non-hydrogen) atoms. The maximum Gasteiger partial charge on any atom is 0.128 e. The summed E-state index contributed by atoms with van der Waals surface area (Å²) in [5.74, 6) is -0.710. The van der Waals surface area contributed by atoms with Crippen molar-refractivity contribution in [2.45, 2.75) is 25.3 Å². The standard InChI is InChI=1S/C12H14F3N/c13-6-1-7-16-11-5-2-8-9(14)3-4-10(15)12(8)11/h3-4,11,16H,1-2,5-7H2. The molecule has 1 aromatic rings. The first-order valence-electron chi connectivity index (χ1n) is 5.50. The Labute approximate surface area is 92.7 Å². The molecule has 0 aromatic heterocycles. The average molecular weight is 229 g/mol. The lowest BCUT2D eigenvalue weighted by atomic mass is 10.1. The van der Waals surface area contributed by atoms with Crippen molar-refractivity contribution in [3.63, 3.8) is 0 Å². The fourth-order valence-electron chi connectivity index (χ4n) is 2.22. The number of alkyl halides is 1. The van der Waals surface area contributed by atoms with Crippen LogP contribution in [0.15, 0.2) is 12.1 Å². The molecule has 1 unspecified atom stereocenters. The Morgan fingerprint density at radius 2 is 2.00 bits per heavy atom. The van der Waals surface area contributed by atoms with Gasteiger partial charge in [0.25, 0.3) is 0 Å². The van der Waals surface area contributed by atoms with Crippen LogP contribution in [-0.4, -0.2) is 13.2 Å². The number of benzene rings is 1. The average Bonchev–Trinajstić information content (AvgIpc) is 2.69. The van der Waals surface area contributed by atoms with E-state index in [0.29, 0.717) is 36.9 Å². The molecule has 0 amide bonds. The molecule has 0 aliphatic heterocycles. The largest absolute Gasteiger partial charge is 0.310 e. The Morgan fingerprint density at radius 1 is 1.25 bits per heavy atom. The fourth-order valence-corrected chi connectivity index (χ4v) is 2.22. The van der Waals surface area contributed by atoms with Crippen LogP contribution in [-0.2, 0) is 6.42 Å². The predicted octanol–water partition coefficient (Wildman–Crippen LogP) is 2.90. The van der Waals surface area contributed by atoms with Gasteiger partial charge in [-0.25, -0.2) is 8.78 Å². The summed E-state index contributed by atoms with van der Waals surface area (Å²) in [5, 5.41) is 3.06. The third-order valence-electron chi connectivity index (χ3n) is 2.98. The first kappa shape index (κ1) is 11.5. The van der Waals surface area contributed by atoms with Crippen LogP contribution in [0.5, 0.6) is 0 Å². The third-order valence-corrected chi connectivity index (χ3v) is 2.98. The topological polar surface area (TPSA) is 12.0 Å². The highest BCUT2D eigenvalue weighted by molar-refractivity contribution is 5.36. The van der Waals surface area contributed by atoms with Crippen LogP contribution >= 0.6 is 0 Å². The molecule has 0 spiro atoms. The van der Waals surface area contributed by atoms with Gasteiger partial charge in [0.15, 0.2) is 0 Å². The van der Waals surface area contributed by atoms with E-state index in [4.69, 9.17) is 0 Å². The van der Waals surface area contributed by atoms with Gasteiger partial charge in [0.2, 0.25) is 0 Å². The van der Waals surface area contributed by atoms with Crippen molar-refractivity contribution in [1.29, 1.82) is 0 Å². The molecule has 1 aliphatic carbocycles. The van der Waals surface area contributed by atoms with Crippen LogP contribution in [0.3, 0.4) is 0 Å². The van der Waals surface area contributed by atoms with E-state index in [1.165, 1.54) is 0 Å². The third kappa shape index (κ3) is 2.07. The van der Waals surface area contributed by atoms with Crippen molar-refractivity contribution in [2.24, 2.45) is 0 Å². The van der Waals surface area contributed by atoms with Gasteiger partial charge in [-0.15, -0.1) is 0 Å². The molecular formula is C12H14F3N. The van der Waals surface area contributed by atoms with Gasteiger partial charge in [0.1, 0.15) is 11.6 Å². The van der Waals surface area contributed by atoms with Crippen molar-refractivity contribution >= 4 is 0 Å². The lowest BCUT2D eigenvalue weighted by Crippen LogP contribution is -2.21. The van der Waals surface area contributed by atoms with Crippen LogP contribution in [0.1, 0.15) is 30.0 Å². The zero-order valence-electron chi connectivity index (χ0n) is 8.90. The van der Waals surface area contributed by atoms with E-state index in [0.717, 1.165) is 12.1 Å². The predicted molar refractivity (Wildman–Crippen MR) is 56.0 cm³/mol. The lowest BCUT2D eigenvalue weighted by Gasteiger charge is -2.14. The minimum atomic E-state index is -0.391. The van der Waals surface area contributed by atoms with Gasteiger partial charge in [0, 0.05) is 11.6 Å². The summed E-state index contributed by atoms with van der Waals surface area (Å²) in [5.41, 5.74) is 0.900. The minimum Gasteiger partial charge on any atom is -0.310 e. The number of halogens is 3. The SMILES string of the molecule is FCCCNC1CCc2c(F)ccc(F)c21. The molecule has 0 heterocycles. The van der Waals surface area contributed by atoms with E-state index in [2.05, 4.69) is 5.32 Å². The molecule has 0 saturated heterocycles. The van der Waals surface area contributed by atoms with Crippen molar-refractivity contribution in [3.05, 3.63) is 34.9 Å². The van der Waals surface area contributed by atoms with E-state index in [1.807, 2.05) is 0 Å². The van der Waals surface area contributed by atoms with Gasteiger partial charge >= 0.3 is 0 Å². The molecule has 1 N–H and O–H groups in total. The zero-order valence-corrected chi connectivity index (χ0v) is 8.90. The molecule has 0 bridgehead atoms. The second-order valence-corrected chi connectivity index (χ2v) is 4.01. The Morgan fingerprint density at radius 3 is 2.75 bits per heavy atom. The number of hydrogen-bond donors (Lipinski definition) is 1. The maximum absolute atomic E-state index is 13.5. The number of rotatable bonds is 4. The van der Waals surface area contributed by atoms with E-state index in [-0.39, 0.29) is 17.7 Å². The normalized spacial score (nSPS) is 18.8. The first-order valence-corrected chi connectivity index (χ1v) is 5.50. The summed E-state index contributed by atoms with van der Waals surface area (Å²) in [6.07, 6.45) is 1.63. The van der Waals surface area contributed by atoms with E-state index >= 15 is 0 Å². The molecule has 1 aliphatic rings. The highest BCUT2D eigenvalue weighted by Gasteiger charge is 2.27. The molecule has 1 aromatic carbocycles. The lowest BCUT2D eigenvalue weighted by molar-refractivity contribution is 0.433. The Bertz CT molecular complexity index is 379. The van der Waals surface area contributed by atoms with E-state index in [9.17, 15) is 13.2 Å². The quantitative estimate of drug-likeness (QED) is 0.783. The molecular weight excluding hydrogens is 215 g/mol. The molecule has 4 heteroatoms. The Kier molecular flexibility index (Phi) is 3.49. The zero-order chi connectivity index (χ0) is 11.5. The van der Waals surface area contributed by atoms with Crippen molar-refractivity contribution in [2.75, 3.05) is 13.2 Å². The number of hydrogen-bond acceptors (Lipinski definition) is 1. The van der Waals surface area contributed by atoms with Gasteiger partial charge in [-0.1, -0.05) is 0 Å². The Balaban J connectivity index is 2.15. The molecule has 88 valence electrons. The minimum absolute atomic E-state index is 0.169. The van der Waals surface area contributed by atoms with Gasteiger partial charge < -0.3 is 5.32 Å². The molecule has 0 fully saturated rings. The van der Waals surface area contributed by atoms with Gasteiger partial charge in [-0.3, -0.25) is 4.39 Å². The van der Waals surface area contributed by atoms with E-state index in [1.54, 1.807) is 0 Å². The van der Waals surface area contributed by atoms with E-state index < -0.39 is 6.67 Å². The maximum atomic E-state index is 13.5. The van der Waals surface area contributed by atoms with Crippen molar-refractivity contribution < 1.29 is 13.2 Å². The van der Waals surface area contributed by atoms with Gasteiger partial charge in [-0.05, 0) is 43.5 Å². The summed E-state index contributed by atoms with van der Waals surface area (Å²) in [6, 6.07) is 2.15. The van der Waals surface area contributed by atoms with Gasteiger partial charge in [0.05, 0.1) is 6.67 Å². The highest BCUT2D eigenvalue weighted by atomic mass is 19.1. The summed E-state index contributed by atoms with van der Waals surface area (Å²) in [6.45, 7) is 0.106. The van der Waals surface area contributed by atoms with Crippen LogP contribution in [0.25, 0.3) is 0 Å². The van der Waals surface area contributed by atoms with Crippen LogP contribution in [0, 0.1) is 11.6 Å². The van der Waals surface area contributed by atoms with Crippen LogP contribution in [0.4, 0.5) is 13.2 Å². The number of nitrogens with one attached hydrogen (secondary N) is 1. The smallest absolute Gasteiger partial charge is 0.128 e. The summed E-state index contributed by atoms with van der Waals surface area (Å²) in [4.78, 5) is 0. The van der Waals surface area contributed by atoms with Crippen molar-refractivity contribution in [3.8, 4) is 0 Å². The summed E-state index contributed by atoms with van der Waals surface area (Å²) >= 11 is 0. The first-order chi connectivity index (χ1) is 7.74. The summed E-state index contributed by atoms with van der Waals surface area (Å²) < 4.78 is 38.9. The molecule has 1 atom stereocenters. The highest BCUT2D eigenvalue weighted by Crippen LogP contribution is 2.34. The second-order valence-electron chi connectivity index (χ2n) is 4.01. The van der Waals surface area contributed by atoms with Crippen LogP contribution in [0.2, 0.25) is 0 Å².